The van der Waals surface area contributed by atoms with Crippen molar-refractivity contribution in [3.63, 3.8) is 0 Å². The molecule has 33 heavy (non-hydrogen) atoms. The third-order valence-electron chi connectivity index (χ3n) is 6.43. The molecule has 1 unspecified atom stereocenters. The summed E-state index contributed by atoms with van der Waals surface area (Å²) in [4.78, 5) is 14.1. The molecule has 0 radical (unpaired) electrons. The summed E-state index contributed by atoms with van der Waals surface area (Å²) >= 11 is 0. The van der Waals surface area contributed by atoms with Crippen LogP contribution in [0.15, 0.2) is 30.0 Å². The van der Waals surface area contributed by atoms with Crippen molar-refractivity contribution in [1.82, 2.24) is 4.90 Å². The molecule has 1 fully saturated rings. The van der Waals surface area contributed by atoms with Gasteiger partial charge in [0.05, 0.1) is 18.2 Å². The van der Waals surface area contributed by atoms with Crippen molar-refractivity contribution in [2.45, 2.75) is 83.2 Å². The number of nitrogens with one attached hydrogen (secondary N) is 1. The van der Waals surface area contributed by atoms with Crippen LogP contribution in [-0.2, 0) is 10.2 Å². The number of likely N-dealkylation sites (N-methyl/N-ethyl adjacent to an activating group) is 1. The first kappa shape index (κ1) is 27.0. The highest BCUT2D eigenvalue weighted by atomic mass is 19.3. The molecule has 1 amide bonds. The molecule has 8 heteroatoms. The monoisotopic (exact) mass is 470 g/mol. The first-order valence-electron chi connectivity index (χ1n) is 11.3. The number of aliphatic hydroxyl groups is 2. The molecule has 1 atom stereocenters. The molecule has 1 aliphatic carbocycles. The van der Waals surface area contributed by atoms with E-state index in [0.717, 1.165) is 6.08 Å². The standard InChI is InChI=1S/C25H37F3N2O3/c1-23(2,3)18-8-7-17(15-19(18)26)29-24(4,5)21(16-9-12-25(27,28)13-10-16)30(6)22(33)20(32)11-14-31/h7-8,11,15-16,21,29,31-32H,9-10,12-14H2,1-6H3/b20-11-. The van der Waals surface area contributed by atoms with E-state index in [4.69, 9.17) is 5.11 Å². The Balaban J connectivity index is 2.39. The van der Waals surface area contributed by atoms with Gasteiger partial charge in [0, 0.05) is 25.6 Å². The van der Waals surface area contributed by atoms with Gasteiger partial charge in [-0.1, -0.05) is 26.8 Å². The van der Waals surface area contributed by atoms with Crippen molar-refractivity contribution < 1.29 is 28.2 Å². The van der Waals surface area contributed by atoms with Crippen molar-refractivity contribution in [1.29, 1.82) is 0 Å². The van der Waals surface area contributed by atoms with Gasteiger partial charge in [0.25, 0.3) is 5.91 Å². The fourth-order valence-corrected chi connectivity index (χ4v) is 4.90. The minimum atomic E-state index is -2.73. The van der Waals surface area contributed by atoms with Crippen LogP contribution >= 0.6 is 0 Å². The molecule has 0 aromatic heterocycles. The third-order valence-corrected chi connectivity index (χ3v) is 6.43. The van der Waals surface area contributed by atoms with Gasteiger partial charge in [-0.25, -0.2) is 13.2 Å². The number of carbonyl (C=O) groups is 1. The predicted molar refractivity (Wildman–Crippen MR) is 124 cm³/mol. The Labute approximate surface area is 194 Å². The van der Waals surface area contributed by atoms with Crippen LogP contribution in [0.2, 0.25) is 0 Å². The highest BCUT2D eigenvalue weighted by Gasteiger charge is 2.45. The van der Waals surface area contributed by atoms with Crippen molar-refractivity contribution in [2.24, 2.45) is 5.92 Å². The number of amides is 1. The lowest BCUT2D eigenvalue weighted by Gasteiger charge is -2.47. The largest absolute Gasteiger partial charge is 0.503 e. The summed E-state index contributed by atoms with van der Waals surface area (Å²) < 4.78 is 42.5. The topological polar surface area (TPSA) is 72.8 Å². The summed E-state index contributed by atoms with van der Waals surface area (Å²) in [5.74, 6) is -4.67. The van der Waals surface area contributed by atoms with Crippen LogP contribution in [0.25, 0.3) is 0 Å². The molecule has 1 saturated carbocycles. The van der Waals surface area contributed by atoms with Gasteiger partial charge in [-0.15, -0.1) is 0 Å². The maximum atomic E-state index is 14.8. The zero-order valence-electron chi connectivity index (χ0n) is 20.4. The molecule has 0 bridgehead atoms. The summed E-state index contributed by atoms with van der Waals surface area (Å²) in [5.41, 5.74) is -0.135. The highest BCUT2D eigenvalue weighted by Crippen LogP contribution is 2.42. The molecular weight excluding hydrogens is 433 g/mol. The lowest BCUT2D eigenvalue weighted by molar-refractivity contribution is -0.134. The summed E-state index contributed by atoms with van der Waals surface area (Å²) in [6.45, 7) is 8.92. The van der Waals surface area contributed by atoms with Crippen LogP contribution in [0.3, 0.4) is 0 Å². The van der Waals surface area contributed by atoms with Crippen molar-refractivity contribution in [3.8, 4) is 0 Å². The Hall–Kier alpha value is -2.22. The van der Waals surface area contributed by atoms with E-state index in [1.807, 2.05) is 34.6 Å². The molecule has 1 aromatic carbocycles. The zero-order chi connectivity index (χ0) is 25.2. The predicted octanol–water partition coefficient (Wildman–Crippen LogP) is 5.40. The number of benzene rings is 1. The number of hydrogen-bond acceptors (Lipinski definition) is 4. The average Bonchev–Trinajstić information content (AvgIpc) is 2.67. The number of alkyl halides is 2. The molecule has 3 N–H and O–H groups in total. The summed E-state index contributed by atoms with van der Waals surface area (Å²) in [6.07, 6.45) is 0.857. The molecule has 5 nitrogen and oxygen atoms in total. The van der Waals surface area contributed by atoms with Gasteiger partial charge in [-0.2, -0.15) is 0 Å². The number of halogens is 3. The first-order chi connectivity index (χ1) is 15.1. The minimum absolute atomic E-state index is 0.211. The summed E-state index contributed by atoms with van der Waals surface area (Å²) in [7, 11) is 1.51. The Morgan fingerprint density at radius 1 is 1.24 bits per heavy atom. The van der Waals surface area contributed by atoms with E-state index in [1.165, 1.54) is 18.0 Å². The molecule has 186 valence electrons. The number of nitrogens with zero attached hydrogens (tertiary/aromatic N) is 1. The molecule has 2 rings (SSSR count). The Morgan fingerprint density at radius 3 is 2.30 bits per heavy atom. The van der Waals surface area contributed by atoms with Gasteiger partial charge < -0.3 is 20.4 Å². The number of anilines is 1. The second-order valence-electron chi connectivity index (χ2n) is 10.6. The van der Waals surface area contributed by atoms with Crippen LogP contribution in [-0.4, -0.2) is 52.2 Å². The second kappa shape index (κ2) is 9.95. The highest BCUT2D eigenvalue weighted by molar-refractivity contribution is 5.91. The second-order valence-corrected chi connectivity index (χ2v) is 10.6. The van der Waals surface area contributed by atoms with Crippen LogP contribution in [0, 0.1) is 11.7 Å². The fourth-order valence-electron chi connectivity index (χ4n) is 4.90. The molecule has 1 aliphatic rings. The Kier molecular flexibility index (Phi) is 8.15. The lowest BCUT2D eigenvalue weighted by Crippen LogP contribution is -2.58. The zero-order valence-corrected chi connectivity index (χ0v) is 20.4. The van der Waals surface area contributed by atoms with Crippen molar-refractivity contribution >= 4 is 11.6 Å². The Bertz CT molecular complexity index is 868. The van der Waals surface area contributed by atoms with Gasteiger partial charge >= 0.3 is 0 Å². The number of rotatable bonds is 7. The van der Waals surface area contributed by atoms with E-state index in [-0.39, 0.29) is 42.8 Å². The average molecular weight is 471 g/mol. The van der Waals surface area contributed by atoms with Crippen LogP contribution in [0.5, 0.6) is 0 Å². The summed E-state index contributed by atoms with van der Waals surface area (Å²) in [6, 6.07) is 4.30. The lowest BCUT2D eigenvalue weighted by atomic mass is 9.74. The molecule has 0 heterocycles. The Morgan fingerprint density at radius 2 is 1.82 bits per heavy atom. The molecule has 0 spiro atoms. The SMILES string of the molecule is CN(C(=O)/C(O)=C/CO)C(C1CCC(F)(F)CC1)C(C)(C)Nc1ccc(C(C)(C)C)c(F)c1. The quantitative estimate of drug-likeness (QED) is 0.369. The number of carbonyl (C=O) groups excluding carboxylic acids is 1. The van der Waals surface area contributed by atoms with Crippen molar-refractivity contribution in [3.05, 3.63) is 41.4 Å². The van der Waals surface area contributed by atoms with Gasteiger partial charge in [-0.3, -0.25) is 4.79 Å². The molecular formula is C25H37F3N2O3. The minimum Gasteiger partial charge on any atom is -0.503 e. The van der Waals surface area contributed by atoms with E-state index in [1.54, 1.807) is 12.1 Å². The van der Waals surface area contributed by atoms with E-state index in [0.29, 0.717) is 11.3 Å². The maximum absolute atomic E-state index is 14.8. The van der Waals surface area contributed by atoms with Gasteiger partial charge in [-0.05, 0) is 61.8 Å². The van der Waals surface area contributed by atoms with E-state index in [2.05, 4.69) is 5.32 Å². The normalized spacial score (nSPS) is 18.7. The molecule has 0 aliphatic heterocycles. The maximum Gasteiger partial charge on any atom is 0.288 e. The van der Waals surface area contributed by atoms with Gasteiger partial charge in [0.1, 0.15) is 5.82 Å². The van der Waals surface area contributed by atoms with Gasteiger partial charge in [0.15, 0.2) is 5.76 Å². The van der Waals surface area contributed by atoms with E-state index < -0.39 is 35.8 Å². The molecule has 1 aromatic rings. The van der Waals surface area contributed by atoms with Crippen molar-refractivity contribution in [2.75, 3.05) is 19.0 Å². The number of aliphatic hydroxyl groups excluding tert-OH is 2. The smallest absolute Gasteiger partial charge is 0.288 e. The van der Waals surface area contributed by atoms with E-state index in [9.17, 15) is 23.1 Å². The summed E-state index contributed by atoms with van der Waals surface area (Å²) in [5, 5.41) is 22.4. The van der Waals surface area contributed by atoms with Crippen LogP contribution < -0.4 is 5.32 Å². The first-order valence-corrected chi connectivity index (χ1v) is 11.3. The number of hydrogen-bond donors (Lipinski definition) is 3. The van der Waals surface area contributed by atoms with E-state index >= 15 is 0 Å². The fraction of sp³-hybridized carbons (Fsp3) is 0.640. The van der Waals surface area contributed by atoms with Gasteiger partial charge in [0.2, 0.25) is 5.92 Å². The third kappa shape index (κ3) is 6.65. The molecule has 0 saturated heterocycles. The van der Waals surface area contributed by atoms with Crippen LogP contribution in [0.1, 0.15) is 65.9 Å². The van der Waals surface area contributed by atoms with Crippen LogP contribution in [0.4, 0.5) is 18.9 Å².